The number of piperidine rings is 1. The monoisotopic (exact) mass is 359 g/mol. The second-order valence-electron chi connectivity index (χ2n) is 5.91. The van der Waals surface area contributed by atoms with Crippen molar-refractivity contribution in [1.29, 1.82) is 0 Å². The molecule has 1 saturated heterocycles. The van der Waals surface area contributed by atoms with E-state index in [0.29, 0.717) is 31.1 Å². The lowest BCUT2D eigenvalue weighted by molar-refractivity contribution is -0.126. The number of hydrogen-bond acceptors (Lipinski definition) is 5. The molecule has 0 aliphatic carbocycles. The number of aromatic nitrogens is 1. The Bertz CT molecular complexity index is 760. The van der Waals surface area contributed by atoms with E-state index < -0.39 is 0 Å². The van der Waals surface area contributed by atoms with Crippen LogP contribution in [0.25, 0.3) is 11.3 Å². The van der Waals surface area contributed by atoms with Gasteiger partial charge in [0.25, 0.3) is 0 Å². The molecule has 2 amide bonds. The molecule has 3 rings (SSSR count). The van der Waals surface area contributed by atoms with E-state index in [2.05, 4.69) is 15.6 Å². The Hall–Kier alpha value is -2.41. The summed E-state index contributed by atoms with van der Waals surface area (Å²) in [5, 5.41) is 6.20. The van der Waals surface area contributed by atoms with Crippen molar-refractivity contribution >= 4 is 28.3 Å². The molecule has 1 unspecified atom stereocenters. The Kier molecular flexibility index (Phi) is 5.33. The summed E-state index contributed by atoms with van der Waals surface area (Å²) in [6.45, 7) is 4.96. The first-order valence-electron chi connectivity index (χ1n) is 8.35. The average molecular weight is 359 g/mol. The van der Waals surface area contributed by atoms with Crippen LogP contribution in [-0.2, 0) is 9.59 Å². The first-order valence-corrected chi connectivity index (χ1v) is 9.16. The minimum absolute atomic E-state index is 0.00642. The molecule has 2 heterocycles. The van der Waals surface area contributed by atoms with Gasteiger partial charge in [-0.15, -0.1) is 11.3 Å². The number of carbonyl (C=O) groups is 2. The highest BCUT2D eigenvalue weighted by Crippen LogP contribution is 2.31. The van der Waals surface area contributed by atoms with Crippen molar-refractivity contribution in [2.45, 2.75) is 26.7 Å². The molecule has 1 aromatic heterocycles. The number of nitrogens with zero attached hydrogens (tertiary/aromatic N) is 1. The van der Waals surface area contributed by atoms with Gasteiger partial charge >= 0.3 is 0 Å². The molecule has 0 bridgehead atoms. The predicted octanol–water partition coefficient (Wildman–Crippen LogP) is 2.98. The van der Waals surface area contributed by atoms with Crippen molar-refractivity contribution in [3.63, 3.8) is 0 Å². The molecule has 2 N–H and O–H groups in total. The van der Waals surface area contributed by atoms with Gasteiger partial charge in [-0.05, 0) is 44.5 Å². The van der Waals surface area contributed by atoms with E-state index in [1.165, 1.54) is 11.3 Å². The maximum atomic E-state index is 12.3. The number of amides is 2. The number of ether oxygens (including phenoxy) is 1. The fourth-order valence-electron chi connectivity index (χ4n) is 2.76. The van der Waals surface area contributed by atoms with Crippen LogP contribution < -0.4 is 15.4 Å². The van der Waals surface area contributed by atoms with Crippen molar-refractivity contribution in [3.05, 3.63) is 29.1 Å². The molecule has 1 aliphatic rings. The second-order valence-corrected chi connectivity index (χ2v) is 7.11. The summed E-state index contributed by atoms with van der Waals surface area (Å²) >= 11 is 1.45. The molecule has 1 aliphatic heterocycles. The zero-order valence-corrected chi connectivity index (χ0v) is 15.1. The summed E-state index contributed by atoms with van der Waals surface area (Å²) in [6, 6.07) is 7.77. The number of thiazole rings is 1. The van der Waals surface area contributed by atoms with Crippen LogP contribution in [0, 0.1) is 12.8 Å². The van der Waals surface area contributed by atoms with Crippen LogP contribution in [0.15, 0.2) is 24.3 Å². The SMILES string of the molecule is CCOc1ccc(-c2nc(NC(=O)C3CCC(=O)NC3)sc2C)cc1. The summed E-state index contributed by atoms with van der Waals surface area (Å²) in [6.07, 6.45) is 0.972. The van der Waals surface area contributed by atoms with E-state index >= 15 is 0 Å². The maximum absolute atomic E-state index is 12.3. The summed E-state index contributed by atoms with van der Waals surface area (Å²) in [5.41, 5.74) is 1.85. The largest absolute Gasteiger partial charge is 0.494 e. The van der Waals surface area contributed by atoms with E-state index in [-0.39, 0.29) is 17.7 Å². The fourth-order valence-corrected chi connectivity index (χ4v) is 3.60. The normalized spacial score (nSPS) is 17.0. The number of nitrogens with one attached hydrogen (secondary N) is 2. The quantitative estimate of drug-likeness (QED) is 0.860. The molecule has 0 spiro atoms. The smallest absolute Gasteiger partial charge is 0.231 e. The third-order valence-electron chi connectivity index (χ3n) is 4.10. The second kappa shape index (κ2) is 7.65. The number of benzene rings is 1. The minimum atomic E-state index is -0.198. The number of rotatable bonds is 5. The fraction of sp³-hybridized carbons (Fsp3) is 0.389. The van der Waals surface area contributed by atoms with Crippen LogP contribution in [0.4, 0.5) is 5.13 Å². The van der Waals surface area contributed by atoms with E-state index in [9.17, 15) is 9.59 Å². The summed E-state index contributed by atoms with van der Waals surface area (Å²) in [7, 11) is 0. The highest BCUT2D eigenvalue weighted by molar-refractivity contribution is 7.16. The molecule has 1 fully saturated rings. The Morgan fingerprint density at radius 3 is 2.80 bits per heavy atom. The number of hydrogen-bond donors (Lipinski definition) is 2. The Morgan fingerprint density at radius 1 is 1.40 bits per heavy atom. The van der Waals surface area contributed by atoms with Gasteiger partial charge in [0.1, 0.15) is 5.75 Å². The molecule has 0 radical (unpaired) electrons. The standard InChI is InChI=1S/C18H21N3O3S/c1-3-24-14-7-4-12(5-8-14)16-11(2)25-18(20-16)21-17(23)13-6-9-15(22)19-10-13/h4-5,7-8,13H,3,6,9-10H2,1-2H3,(H,19,22)(H,20,21,23). The van der Waals surface area contributed by atoms with Gasteiger partial charge in [0.15, 0.2) is 5.13 Å². The van der Waals surface area contributed by atoms with Crippen molar-refractivity contribution in [3.8, 4) is 17.0 Å². The Morgan fingerprint density at radius 2 is 2.16 bits per heavy atom. The van der Waals surface area contributed by atoms with E-state index in [0.717, 1.165) is 21.9 Å². The number of carbonyl (C=O) groups excluding carboxylic acids is 2. The highest BCUT2D eigenvalue weighted by atomic mass is 32.1. The van der Waals surface area contributed by atoms with Crippen LogP contribution in [0.2, 0.25) is 0 Å². The zero-order chi connectivity index (χ0) is 17.8. The molecular weight excluding hydrogens is 338 g/mol. The molecular formula is C18H21N3O3S. The maximum Gasteiger partial charge on any atom is 0.231 e. The molecule has 1 aromatic carbocycles. The van der Waals surface area contributed by atoms with E-state index in [1.54, 1.807) is 0 Å². The van der Waals surface area contributed by atoms with Gasteiger partial charge in [0.05, 0.1) is 18.2 Å². The predicted molar refractivity (Wildman–Crippen MR) is 97.8 cm³/mol. The van der Waals surface area contributed by atoms with Gasteiger partial charge in [-0.2, -0.15) is 0 Å². The molecule has 6 nitrogen and oxygen atoms in total. The van der Waals surface area contributed by atoms with Gasteiger partial charge in [-0.25, -0.2) is 4.98 Å². The lowest BCUT2D eigenvalue weighted by atomic mass is 9.98. The number of anilines is 1. The number of aryl methyl sites for hydroxylation is 1. The minimum Gasteiger partial charge on any atom is -0.494 e. The van der Waals surface area contributed by atoms with Crippen LogP contribution in [0.3, 0.4) is 0 Å². The molecule has 132 valence electrons. The third-order valence-corrected chi connectivity index (χ3v) is 4.99. The Balaban J connectivity index is 1.69. The molecule has 7 heteroatoms. The summed E-state index contributed by atoms with van der Waals surface area (Å²) < 4.78 is 5.45. The third kappa shape index (κ3) is 4.17. The van der Waals surface area contributed by atoms with Gasteiger partial charge in [0.2, 0.25) is 11.8 Å². The average Bonchev–Trinajstić information content (AvgIpc) is 2.96. The van der Waals surface area contributed by atoms with Gasteiger partial charge in [-0.3, -0.25) is 9.59 Å². The summed E-state index contributed by atoms with van der Waals surface area (Å²) in [5.74, 6) is 0.543. The topological polar surface area (TPSA) is 80.3 Å². The highest BCUT2D eigenvalue weighted by Gasteiger charge is 2.25. The van der Waals surface area contributed by atoms with Crippen molar-refractivity contribution in [1.82, 2.24) is 10.3 Å². The van der Waals surface area contributed by atoms with Crippen LogP contribution in [0.1, 0.15) is 24.6 Å². The lowest BCUT2D eigenvalue weighted by Gasteiger charge is -2.20. The van der Waals surface area contributed by atoms with Crippen LogP contribution in [-0.4, -0.2) is 29.9 Å². The van der Waals surface area contributed by atoms with Crippen LogP contribution >= 0.6 is 11.3 Å². The zero-order valence-electron chi connectivity index (χ0n) is 14.3. The van der Waals surface area contributed by atoms with Gasteiger partial charge in [-0.1, -0.05) is 0 Å². The summed E-state index contributed by atoms with van der Waals surface area (Å²) in [4.78, 5) is 29.1. The van der Waals surface area contributed by atoms with Crippen molar-refractivity contribution in [2.24, 2.45) is 5.92 Å². The van der Waals surface area contributed by atoms with E-state index in [1.807, 2.05) is 38.1 Å². The first-order chi connectivity index (χ1) is 12.1. The van der Waals surface area contributed by atoms with E-state index in [4.69, 9.17) is 4.74 Å². The lowest BCUT2D eigenvalue weighted by Crippen LogP contribution is -2.40. The molecule has 1 atom stereocenters. The molecule has 0 saturated carbocycles. The van der Waals surface area contributed by atoms with Crippen molar-refractivity contribution < 1.29 is 14.3 Å². The molecule has 25 heavy (non-hydrogen) atoms. The van der Waals surface area contributed by atoms with Crippen LogP contribution in [0.5, 0.6) is 5.75 Å². The van der Waals surface area contributed by atoms with Gasteiger partial charge in [0, 0.05) is 23.4 Å². The molecule has 2 aromatic rings. The van der Waals surface area contributed by atoms with Crippen molar-refractivity contribution in [2.75, 3.05) is 18.5 Å². The van der Waals surface area contributed by atoms with Gasteiger partial charge < -0.3 is 15.4 Å². The Labute approximate surface area is 150 Å². The first kappa shape index (κ1) is 17.4.